The highest BCUT2D eigenvalue weighted by Crippen LogP contribution is 2.11. The number of carbonyl (C=O) groups excluding carboxylic acids is 2. The molecule has 0 spiro atoms. The summed E-state index contributed by atoms with van der Waals surface area (Å²) in [5, 5.41) is 9.39. The fourth-order valence-corrected chi connectivity index (χ4v) is 1.79. The number of likely N-dealkylation sites (N-methyl/N-ethyl adjacent to an activating group) is 1. The fraction of sp³-hybridized carbons (Fsp3) is 0.429. The highest BCUT2D eigenvalue weighted by atomic mass is 35.5. The predicted molar refractivity (Wildman–Crippen MR) is 75.7 cm³/mol. The van der Waals surface area contributed by atoms with Crippen LogP contribution in [0.2, 0.25) is 5.02 Å². The Hall–Kier alpha value is -1.59. The third-order valence-corrected chi connectivity index (χ3v) is 3.03. The van der Waals surface area contributed by atoms with Crippen LogP contribution in [0.5, 0.6) is 0 Å². The van der Waals surface area contributed by atoms with Crippen molar-refractivity contribution in [3.63, 3.8) is 0 Å². The minimum Gasteiger partial charge on any atom is -0.449 e. The summed E-state index contributed by atoms with van der Waals surface area (Å²) in [5.74, 6) is -0.911. The van der Waals surface area contributed by atoms with Gasteiger partial charge in [-0.15, -0.1) is 0 Å². The number of halogens is 1. The van der Waals surface area contributed by atoms with Crippen molar-refractivity contribution in [2.45, 2.75) is 20.0 Å². The van der Waals surface area contributed by atoms with Crippen LogP contribution in [-0.2, 0) is 9.53 Å². The van der Waals surface area contributed by atoms with Crippen molar-refractivity contribution in [2.75, 3.05) is 19.7 Å². The summed E-state index contributed by atoms with van der Waals surface area (Å²) in [7, 11) is 0. The van der Waals surface area contributed by atoms with E-state index in [1.54, 1.807) is 19.1 Å². The van der Waals surface area contributed by atoms with Crippen LogP contribution in [0.3, 0.4) is 0 Å². The van der Waals surface area contributed by atoms with Gasteiger partial charge in [0.2, 0.25) is 0 Å². The van der Waals surface area contributed by atoms with Crippen LogP contribution in [0, 0.1) is 0 Å². The summed E-state index contributed by atoms with van der Waals surface area (Å²) in [5.41, 5.74) is 0.333. The van der Waals surface area contributed by atoms with Gasteiger partial charge in [0.05, 0.1) is 12.2 Å². The molecule has 5 nitrogen and oxygen atoms in total. The van der Waals surface area contributed by atoms with Crippen LogP contribution in [-0.4, -0.2) is 47.7 Å². The Kier molecular flexibility index (Phi) is 6.48. The van der Waals surface area contributed by atoms with E-state index in [2.05, 4.69) is 0 Å². The molecular formula is C14H18ClNO4. The lowest BCUT2D eigenvalue weighted by molar-refractivity contribution is -0.140. The Morgan fingerprint density at radius 1 is 1.35 bits per heavy atom. The van der Waals surface area contributed by atoms with E-state index < -0.39 is 12.1 Å². The van der Waals surface area contributed by atoms with Crippen molar-refractivity contribution in [3.05, 3.63) is 34.9 Å². The zero-order chi connectivity index (χ0) is 15.1. The van der Waals surface area contributed by atoms with Crippen LogP contribution in [0.4, 0.5) is 0 Å². The summed E-state index contributed by atoms with van der Waals surface area (Å²) in [6, 6.07) is 6.23. The molecule has 0 aliphatic carbocycles. The first kappa shape index (κ1) is 16.5. The fourth-order valence-electron chi connectivity index (χ4n) is 1.67. The zero-order valence-electron chi connectivity index (χ0n) is 11.5. The van der Waals surface area contributed by atoms with Gasteiger partial charge in [0.15, 0.2) is 6.10 Å². The molecule has 0 heterocycles. The van der Waals surface area contributed by atoms with Crippen LogP contribution in [0.25, 0.3) is 0 Å². The molecule has 1 atom stereocenters. The Bertz CT molecular complexity index is 461. The van der Waals surface area contributed by atoms with Crippen LogP contribution < -0.4 is 0 Å². The minimum atomic E-state index is -0.898. The van der Waals surface area contributed by atoms with Gasteiger partial charge in [-0.1, -0.05) is 11.6 Å². The number of rotatable bonds is 6. The normalized spacial score (nSPS) is 11.8. The number of hydrogen-bond acceptors (Lipinski definition) is 4. The van der Waals surface area contributed by atoms with Gasteiger partial charge >= 0.3 is 5.97 Å². The summed E-state index contributed by atoms with van der Waals surface area (Å²) in [6.45, 7) is 3.84. The molecule has 0 saturated carbocycles. The van der Waals surface area contributed by atoms with E-state index in [1.807, 2.05) is 0 Å². The number of ether oxygens (including phenoxy) is 1. The first-order valence-electron chi connectivity index (χ1n) is 6.35. The minimum absolute atomic E-state index is 0.128. The first-order valence-corrected chi connectivity index (χ1v) is 6.73. The van der Waals surface area contributed by atoms with Gasteiger partial charge in [-0.25, -0.2) is 4.79 Å². The SMILES string of the molecule is CCN(CCO)C(=O)C(C)OC(=O)c1ccc(Cl)cc1. The largest absolute Gasteiger partial charge is 0.449 e. The molecule has 0 aliphatic heterocycles. The Balaban J connectivity index is 2.65. The van der Waals surface area contributed by atoms with Crippen molar-refractivity contribution >= 4 is 23.5 Å². The number of hydrogen-bond donors (Lipinski definition) is 1. The molecule has 1 unspecified atom stereocenters. The number of amides is 1. The van der Waals surface area contributed by atoms with Crippen LogP contribution in [0.15, 0.2) is 24.3 Å². The average molecular weight is 300 g/mol. The molecular weight excluding hydrogens is 282 g/mol. The van der Waals surface area contributed by atoms with Crippen LogP contribution in [0.1, 0.15) is 24.2 Å². The lowest BCUT2D eigenvalue weighted by atomic mass is 10.2. The molecule has 20 heavy (non-hydrogen) atoms. The molecule has 110 valence electrons. The van der Waals surface area contributed by atoms with E-state index >= 15 is 0 Å². The van der Waals surface area contributed by atoms with Crippen molar-refractivity contribution in [1.82, 2.24) is 4.90 Å². The molecule has 0 bridgehead atoms. The number of esters is 1. The number of benzene rings is 1. The van der Waals surface area contributed by atoms with Gasteiger partial charge in [0.25, 0.3) is 5.91 Å². The maximum Gasteiger partial charge on any atom is 0.338 e. The lowest BCUT2D eigenvalue weighted by Gasteiger charge is -2.23. The van der Waals surface area contributed by atoms with Gasteiger partial charge in [-0.3, -0.25) is 4.79 Å². The number of nitrogens with zero attached hydrogens (tertiary/aromatic N) is 1. The van der Waals surface area contributed by atoms with Crippen molar-refractivity contribution in [1.29, 1.82) is 0 Å². The van der Waals surface area contributed by atoms with E-state index in [-0.39, 0.29) is 19.1 Å². The third kappa shape index (κ3) is 4.51. The zero-order valence-corrected chi connectivity index (χ0v) is 12.3. The first-order chi connectivity index (χ1) is 9.49. The molecule has 1 aromatic carbocycles. The van der Waals surface area contributed by atoms with E-state index in [1.165, 1.54) is 24.0 Å². The number of carbonyl (C=O) groups is 2. The monoisotopic (exact) mass is 299 g/mol. The second kappa shape index (κ2) is 7.87. The molecule has 1 aromatic rings. The van der Waals surface area contributed by atoms with Crippen molar-refractivity contribution in [2.24, 2.45) is 0 Å². The molecule has 0 aliphatic rings. The third-order valence-electron chi connectivity index (χ3n) is 2.77. The van der Waals surface area contributed by atoms with Gasteiger partial charge in [0, 0.05) is 18.1 Å². The van der Waals surface area contributed by atoms with Crippen molar-refractivity contribution < 1.29 is 19.4 Å². The Morgan fingerprint density at radius 3 is 2.45 bits per heavy atom. The molecule has 6 heteroatoms. The van der Waals surface area contributed by atoms with Gasteiger partial charge in [-0.05, 0) is 38.1 Å². The topological polar surface area (TPSA) is 66.8 Å². The summed E-state index contributed by atoms with van der Waals surface area (Å²) >= 11 is 5.73. The predicted octanol–water partition coefficient (Wildman–Crippen LogP) is 1.73. The standard InChI is InChI=1S/C14H18ClNO4/c1-3-16(8-9-17)13(18)10(2)20-14(19)11-4-6-12(15)7-5-11/h4-7,10,17H,3,8-9H2,1-2H3. The molecule has 0 fully saturated rings. The quantitative estimate of drug-likeness (QED) is 0.812. The van der Waals surface area contributed by atoms with E-state index in [9.17, 15) is 9.59 Å². The second-order valence-corrected chi connectivity index (χ2v) is 4.63. The van der Waals surface area contributed by atoms with Gasteiger partial charge < -0.3 is 14.7 Å². The molecule has 0 aromatic heterocycles. The summed E-state index contributed by atoms with van der Waals surface area (Å²) < 4.78 is 5.11. The van der Waals surface area contributed by atoms with Crippen LogP contribution >= 0.6 is 11.6 Å². The molecule has 0 radical (unpaired) electrons. The lowest BCUT2D eigenvalue weighted by Crippen LogP contribution is -2.41. The highest BCUT2D eigenvalue weighted by Gasteiger charge is 2.23. The summed E-state index contributed by atoms with van der Waals surface area (Å²) in [6.07, 6.45) is -0.898. The molecule has 1 rings (SSSR count). The van der Waals surface area contributed by atoms with Gasteiger partial charge in [0.1, 0.15) is 0 Å². The molecule has 1 N–H and O–H groups in total. The molecule has 1 amide bonds. The average Bonchev–Trinajstić information content (AvgIpc) is 2.44. The second-order valence-electron chi connectivity index (χ2n) is 4.20. The Labute approximate surface area is 123 Å². The van der Waals surface area contributed by atoms with Crippen molar-refractivity contribution in [3.8, 4) is 0 Å². The smallest absolute Gasteiger partial charge is 0.338 e. The highest BCUT2D eigenvalue weighted by molar-refractivity contribution is 6.30. The molecule has 0 saturated heterocycles. The van der Waals surface area contributed by atoms with Gasteiger partial charge in [-0.2, -0.15) is 0 Å². The number of aliphatic hydroxyl groups excluding tert-OH is 1. The van der Waals surface area contributed by atoms with E-state index in [0.29, 0.717) is 17.1 Å². The maximum absolute atomic E-state index is 12.0. The summed E-state index contributed by atoms with van der Waals surface area (Å²) in [4.78, 5) is 25.3. The maximum atomic E-state index is 12.0. The van der Waals surface area contributed by atoms with E-state index in [4.69, 9.17) is 21.4 Å². The van der Waals surface area contributed by atoms with E-state index in [0.717, 1.165) is 0 Å². The Morgan fingerprint density at radius 2 is 1.95 bits per heavy atom. The number of aliphatic hydroxyl groups is 1.